The second-order valence-corrected chi connectivity index (χ2v) is 6.40. The summed E-state index contributed by atoms with van der Waals surface area (Å²) in [5.41, 5.74) is 0.961. The van der Waals surface area contributed by atoms with Crippen molar-refractivity contribution in [2.75, 3.05) is 26.1 Å². The molecule has 26 heavy (non-hydrogen) atoms. The minimum atomic E-state index is -0.324. The second kappa shape index (κ2) is 7.83. The van der Waals surface area contributed by atoms with Gasteiger partial charge in [-0.3, -0.25) is 0 Å². The Labute approximate surface area is 156 Å². The fourth-order valence-electron chi connectivity index (χ4n) is 3.22. The van der Waals surface area contributed by atoms with Crippen LogP contribution in [0, 0.1) is 5.82 Å². The van der Waals surface area contributed by atoms with Crippen LogP contribution in [0.15, 0.2) is 36.4 Å². The minimum absolute atomic E-state index is 0.295. The number of rotatable bonds is 4. The van der Waals surface area contributed by atoms with Crippen molar-refractivity contribution in [1.29, 1.82) is 0 Å². The number of nitrogens with zero attached hydrogens (tertiary/aromatic N) is 1. The lowest BCUT2D eigenvalue weighted by atomic mass is 10.0. The molecular weight excluding hydrogens is 359 g/mol. The Hall–Kier alpha value is -2.47. The Balaban J connectivity index is 1.84. The summed E-state index contributed by atoms with van der Waals surface area (Å²) in [4.78, 5) is 14.4. The van der Waals surface area contributed by atoms with Crippen LogP contribution in [0.5, 0.6) is 11.5 Å². The lowest BCUT2D eigenvalue weighted by Crippen LogP contribution is -2.34. The van der Waals surface area contributed by atoms with Gasteiger partial charge < -0.3 is 19.7 Å². The zero-order chi connectivity index (χ0) is 18.7. The summed E-state index contributed by atoms with van der Waals surface area (Å²) in [6, 6.07) is 9.11. The van der Waals surface area contributed by atoms with E-state index in [1.165, 1.54) is 20.3 Å². The fraction of sp³-hybridized carbons (Fsp3) is 0.316. The standard InChI is InChI=1S/C19H20ClFN2O3/c1-25-17-11-18(26-2)15(10-13(17)20)22-19(24)23-9-5-8-16(23)12-6-3-4-7-14(12)21/h3-4,6-7,10-11,16H,5,8-9H2,1-2H3,(H,22,24). The largest absolute Gasteiger partial charge is 0.495 e. The van der Waals surface area contributed by atoms with Crippen LogP contribution in [-0.4, -0.2) is 31.7 Å². The number of carbonyl (C=O) groups excluding carboxylic acids is 1. The number of hydrogen-bond acceptors (Lipinski definition) is 3. The first-order valence-corrected chi connectivity index (χ1v) is 8.66. The summed E-state index contributed by atoms with van der Waals surface area (Å²) in [7, 11) is 3.00. The molecule has 1 aliphatic heterocycles. The zero-order valence-corrected chi connectivity index (χ0v) is 15.3. The van der Waals surface area contributed by atoms with Crippen molar-refractivity contribution in [2.45, 2.75) is 18.9 Å². The molecule has 3 rings (SSSR count). The molecule has 2 amide bonds. The molecule has 1 aliphatic rings. The molecule has 2 aromatic rings. The van der Waals surface area contributed by atoms with Crippen LogP contribution >= 0.6 is 11.6 Å². The third kappa shape index (κ3) is 3.55. The van der Waals surface area contributed by atoms with E-state index in [4.69, 9.17) is 21.1 Å². The highest BCUT2D eigenvalue weighted by molar-refractivity contribution is 6.32. The highest BCUT2D eigenvalue weighted by Crippen LogP contribution is 2.38. The van der Waals surface area contributed by atoms with Crippen molar-refractivity contribution >= 4 is 23.3 Å². The van der Waals surface area contributed by atoms with E-state index in [9.17, 15) is 9.18 Å². The van der Waals surface area contributed by atoms with Gasteiger partial charge in [-0.25, -0.2) is 9.18 Å². The van der Waals surface area contributed by atoms with Gasteiger partial charge in [0.2, 0.25) is 0 Å². The van der Waals surface area contributed by atoms with Crippen LogP contribution in [0.4, 0.5) is 14.9 Å². The average Bonchev–Trinajstić information content (AvgIpc) is 3.12. The molecule has 0 saturated carbocycles. The van der Waals surface area contributed by atoms with Crippen LogP contribution in [-0.2, 0) is 0 Å². The van der Waals surface area contributed by atoms with Gasteiger partial charge in [0, 0.05) is 18.2 Å². The molecule has 0 spiro atoms. The van der Waals surface area contributed by atoms with Gasteiger partial charge in [0.05, 0.1) is 31.0 Å². The number of urea groups is 1. The Morgan fingerprint density at radius 1 is 1.23 bits per heavy atom. The van der Waals surface area contributed by atoms with Crippen LogP contribution < -0.4 is 14.8 Å². The number of anilines is 1. The minimum Gasteiger partial charge on any atom is -0.495 e. The Kier molecular flexibility index (Phi) is 5.52. The van der Waals surface area contributed by atoms with Crippen LogP contribution in [0.1, 0.15) is 24.4 Å². The lowest BCUT2D eigenvalue weighted by molar-refractivity contribution is 0.206. The van der Waals surface area contributed by atoms with E-state index in [1.807, 2.05) is 0 Å². The van der Waals surface area contributed by atoms with E-state index in [-0.39, 0.29) is 17.9 Å². The molecular formula is C19H20ClFN2O3. The maximum atomic E-state index is 14.2. The number of nitrogens with one attached hydrogen (secondary N) is 1. The molecule has 0 aromatic heterocycles. The van der Waals surface area contributed by atoms with E-state index in [0.29, 0.717) is 34.3 Å². The highest BCUT2D eigenvalue weighted by Gasteiger charge is 2.32. The summed E-state index contributed by atoms with van der Waals surface area (Å²) in [5, 5.41) is 3.17. The number of likely N-dealkylation sites (tertiary alicyclic amines) is 1. The third-order valence-electron chi connectivity index (χ3n) is 4.49. The number of amides is 2. The molecule has 0 aliphatic carbocycles. The summed E-state index contributed by atoms with van der Waals surface area (Å²) in [6.07, 6.45) is 1.53. The van der Waals surface area contributed by atoms with Gasteiger partial charge >= 0.3 is 6.03 Å². The van der Waals surface area contributed by atoms with E-state index >= 15 is 0 Å². The van der Waals surface area contributed by atoms with Crippen LogP contribution in [0.2, 0.25) is 5.02 Å². The van der Waals surface area contributed by atoms with Crippen molar-refractivity contribution in [2.24, 2.45) is 0 Å². The highest BCUT2D eigenvalue weighted by atomic mass is 35.5. The molecule has 1 unspecified atom stereocenters. The van der Waals surface area contributed by atoms with Gasteiger partial charge in [0.1, 0.15) is 17.3 Å². The summed E-state index contributed by atoms with van der Waals surface area (Å²) < 4.78 is 24.6. The van der Waals surface area contributed by atoms with Gasteiger partial charge in [-0.1, -0.05) is 29.8 Å². The van der Waals surface area contributed by atoms with Gasteiger partial charge in [0.15, 0.2) is 0 Å². The number of halogens is 2. The van der Waals surface area contributed by atoms with Gasteiger partial charge in [-0.15, -0.1) is 0 Å². The first-order valence-electron chi connectivity index (χ1n) is 8.28. The number of hydrogen-bond donors (Lipinski definition) is 1. The SMILES string of the molecule is COc1cc(OC)c(NC(=O)N2CCCC2c2ccccc2F)cc1Cl. The molecule has 7 heteroatoms. The third-order valence-corrected chi connectivity index (χ3v) is 4.79. The number of ether oxygens (including phenoxy) is 2. The van der Waals surface area contributed by atoms with Gasteiger partial charge in [-0.2, -0.15) is 0 Å². The molecule has 1 N–H and O–H groups in total. The van der Waals surface area contributed by atoms with Crippen molar-refractivity contribution in [1.82, 2.24) is 4.90 Å². The van der Waals surface area contributed by atoms with Crippen molar-refractivity contribution in [3.05, 3.63) is 52.8 Å². The Morgan fingerprint density at radius 2 is 1.96 bits per heavy atom. The predicted molar refractivity (Wildman–Crippen MR) is 98.7 cm³/mol. The maximum absolute atomic E-state index is 14.2. The zero-order valence-electron chi connectivity index (χ0n) is 14.6. The average molecular weight is 379 g/mol. The molecule has 0 radical (unpaired) electrons. The monoisotopic (exact) mass is 378 g/mol. The van der Waals surface area contributed by atoms with Crippen LogP contribution in [0.3, 0.4) is 0 Å². The van der Waals surface area contributed by atoms with Crippen molar-refractivity contribution in [3.63, 3.8) is 0 Å². The summed E-state index contributed by atoms with van der Waals surface area (Å²) >= 11 is 6.15. The number of benzene rings is 2. The molecule has 138 valence electrons. The second-order valence-electron chi connectivity index (χ2n) is 5.99. The van der Waals surface area contributed by atoms with Crippen LogP contribution in [0.25, 0.3) is 0 Å². The molecule has 0 bridgehead atoms. The first-order chi connectivity index (χ1) is 12.5. The van der Waals surface area contributed by atoms with Gasteiger partial charge in [0.25, 0.3) is 0 Å². The Bertz CT molecular complexity index is 815. The number of carbonyl (C=O) groups is 1. The topological polar surface area (TPSA) is 50.8 Å². The summed E-state index contributed by atoms with van der Waals surface area (Å²) in [5.74, 6) is 0.579. The first kappa shape index (κ1) is 18.3. The molecule has 2 aromatic carbocycles. The van der Waals surface area contributed by atoms with Crippen molar-refractivity contribution < 1.29 is 18.7 Å². The van der Waals surface area contributed by atoms with E-state index in [1.54, 1.807) is 35.2 Å². The molecule has 5 nitrogen and oxygen atoms in total. The summed E-state index contributed by atoms with van der Waals surface area (Å²) in [6.45, 7) is 0.553. The van der Waals surface area contributed by atoms with Crippen molar-refractivity contribution in [3.8, 4) is 11.5 Å². The molecule has 1 saturated heterocycles. The number of methoxy groups -OCH3 is 2. The molecule has 1 fully saturated rings. The van der Waals surface area contributed by atoms with E-state index in [2.05, 4.69) is 5.32 Å². The normalized spacial score (nSPS) is 16.5. The predicted octanol–water partition coefficient (Wildman–Crippen LogP) is 4.87. The lowest BCUT2D eigenvalue weighted by Gasteiger charge is -2.26. The van der Waals surface area contributed by atoms with E-state index in [0.717, 1.165) is 12.8 Å². The van der Waals surface area contributed by atoms with Gasteiger partial charge in [-0.05, 0) is 25.0 Å². The quantitative estimate of drug-likeness (QED) is 0.826. The smallest absolute Gasteiger partial charge is 0.322 e. The maximum Gasteiger partial charge on any atom is 0.322 e. The molecule has 1 atom stereocenters. The molecule has 1 heterocycles. The fourth-order valence-corrected chi connectivity index (χ4v) is 3.46. The Morgan fingerprint density at radius 3 is 2.65 bits per heavy atom. The van der Waals surface area contributed by atoms with E-state index < -0.39 is 0 Å².